The van der Waals surface area contributed by atoms with Gasteiger partial charge in [0.2, 0.25) is 0 Å². The third-order valence-electron chi connectivity index (χ3n) is 3.36. The van der Waals surface area contributed by atoms with Crippen LogP contribution in [-0.2, 0) is 19.1 Å². The zero-order chi connectivity index (χ0) is 13.5. The van der Waals surface area contributed by atoms with E-state index in [0.717, 1.165) is 25.8 Å². The van der Waals surface area contributed by atoms with Gasteiger partial charge in [0.15, 0.2) is 0 Å². The average molecular weight is 257 g/mol. The molecule has 0 aliphatic carbocycles. The molecule has 0 radical (unpaired) electrons. The molecule has 5 heteroatoms. The molecule has 1 fully saturated rings. The van der Waals surface area contributed by atoms with Crippen molar-refractivity contribution in [2.45, 2.75) is 51.6 Å². The number of esters is 2. The molecule has 1 aliphatic rings. The molecule has 0 amide bonds. The van der Waals surface area contributed by atoms with E-state index in [4.69, 9.17) is 4.74 Å². The Morgan fingerprint density at radius 2 is 2.11 bits per heavy atom. The predicted molar refractivity (Wildman–Crippen MR) is 67.1 cm³/mol. The van der Waals surface area contributed by atoms with Crippen LogP contribution in [0.1, 0.15) is 39.5 Å². The minimum Gasteiger partial charge on any atom is -0.469 e. The monoisotopic (exact) mass is 257 g/mol. The fourth-order valence-corrected chi connectivity index (χ4v) is 2.41. The van der Waals surface area contributed by atoms with Crippen LogP contribution >= 0.6 is 0 Å². The van der Waals surface area contributed by atoms with Crippen molar-refractivity contribution in [2.75, 3.05) is 20.3 Å². The zero-order valence-electron chi connectivity index (χ0n) is 11.5. The molecule has 1 aliphatic heterocycles. The molecule has 18 heavy (non-hydrogen) atoms. The van der Waals surface area contributed by atoms with Gasteiger partial charge in [0.1, 0.15) is 6.04 Å². The Morgan fingerprint density at radius 1 is 1.39 bits per heavy atom. The topological polar surface area (TPSA) is 55.8 Å². The number of carbonyl (C=O) groups is 2. The van der Waals surface area contributed by atoms with Crippen molar-refractivity contribution >= 4 is 11.9 Å². The van der Waals surface area contributed by atoms with Gasteiger partial charge in [0.25, 0.3) is 0 Å². The van der Waals surface area contributed by atoms with Crippen LogP contribution in [0.15, 0.2) is 0 Å². The first kappa shape index (κ1) is 15.0. The van der Waals surface area contributed by atoms with Gasteiger partial charge in [-0.25, -0.2) is 0 Å². The van der Waals surface area contributed by atoms with Crippen molar-refractivity contribution in [1.82, 2.24) is 4.90 Å². The summed E-state index contributed by atoms with van der Waals surface area (Å²) in [5.41, 5.74) is 0. The largest absolute Gasteiger partial charge is 0.469 e. The molecule has 5 nitrogen and oxygen atoms in total. The number of carbonyl (C=O) groups excluding carboxylic acids is 2. The molecule has 0 spiro atoms. The summed E-state index contributed by atoms with van der Waals surface area (Å²) in [5.74, 6) is -0.412. The maximum Gasteiger partial charge on any atom is 0.323 e. The Labute approximate surface area is 108 Å². The Balaban J connectivity index is 2.63. The fourth-order valence-electron chi connectivity index (χ4n) is 2.41. The number of hydrogen-bond donors (Lipinski definition) is 0. The molecule has 0 aromatic heterocycles. The molecule has 104 valence electrons. The Bertz CT molecular complexity index is 293. The van der Waals surface area contributed by atoms with E-state index >= 15 is 0 Å². The predicted octanol–water partition coefficient (Wildman–Crippen LogP) is 1.36. The fraction of sp³-hybridized carbons (Fsp3) is 0.846. The summed E-state index contributed by atoms with van der Waals surface area (Å²) < 4.78 is 9.77. The van der Waals surface area contributed by atoms with E-state index in [1.165, 1.54) is 7.11 Å². The highest BCUT2D eigenvalue weighted by atomic mass is 16.5. The normalized spacial score (nSPS) is 22.3. The van der Waals surface area contributed by atoms with Crippen LogP contribution in [0.3, 0.4) is 0 Å². The second-order valence-electron chi connectivity index (χ2n) is 4.63. The van der Waals surface area contributed by atoms with Gasteiger partial charge in [-0.1, -0.05) is 6.42 Å². The van der Waals surface area contributed by atoms with Crippen molar-refractivity contribution < 1.29 is 19.1 Å². The summed E-state index contributed by atoms with van der Waals surface area (Å²) in [7, 11) is 1.38. The summed E-state index contributed by atoms with van der Waals surface area (Å²) in [4.78, 5) is 25.3. The molecular weight excluding hydrogens is 234 g/mol. The lowest BCUT2D eigenvalue weighted by Crippen LogP contribution is -2.50. The van der Waals surface area contributed by atoms with Gasteiger partial charge >= 0.3 is 11.9 Å². The highest BCUT2D eigenvalue weighted by Crippen LogP contribution is 2.22. The van der Waals surface area contributed by atoms with Gasteiger partial charge in [-0.05, 0) is 33.2 Å². The van der Waals surface area contributed by atoms with Crippen LogP contribution in [0.4, 0.5) is 0 Å². The van der Waals surface area contributed by atoms with Crippen LogP contribution in [0, 0.1) is 0 Å². The second kappa shape index (κ2) is 7.36. The van der Waals surface area contributed by atoms with Crippen molar-refractivity contribution in [3.8, 4) is 0 Å². The van der Waals surface area contributed by atoms with E-state index in [0.29, 0.717) is 13.0 Å². The van der Waals surface area contributed by atoms with Crippen molar-refractivity contribution in [2.24, 2.45) is 0 Å². The third kappa shape index (κ3) is 3.98. The number of hydrogen-bond acceptors (Lipinski definition) is 5. The van der Waals surface area contributed by atoms with Crippen LogP contribution < -0.4 is 0 Å². The number of rotatable bonds is 5. The number of piperidine rings is 1. The molecule has 1 rings (SSSR count). The maximum absolute atomic E-state index is 11.9. The molecule has 0 saturated carbocycles. The first-order valence-electron chi connectivity index (χ1n) is 6.59. The van der Waals surface area contributed by atoms with Crippen LogP contribution in [0.5, 0.6) is 0 Å². The number of nitrogens with zero attached hydrogens (tertiary/aromatic N) is 1. The molecule has 2 unspecified atom stereocenters. The average Bonchev–Trinajstić information content (AvgIpc) is 2.38. The Hall–Kier alpha value is -1.10. The Morgan fingerprint density at radius 3 is 2.72 bits per heavy atom. The molecule has 1 saturated heterocycles. The van der Waals surface area contributed by atoms with Gasteiger partial charge in [-0.15, -0.1) is 0 Å². The molecule has 2 atom stereocenters. The van der Waals surface area contributed by atoms with E-state index in [9.17, 15) is 9.59 Å². The highest BCUT2D eigenvalue weighted by molar-refractivity contribution is 5.76. The highest BCUT2D eigenvalue weighted by Gasteiger charge is 2.33. The standard InChI is InChI=1S/C13H23NO4/c1-4-18-13(16)11-7-5-6-8-14(11)10(2)9-12(15)17-3/h10-11H,4-9H2,1-3H3. The maximum atomic E-state index is 11.9. The van der Waals surface area contributed by atoms with Crippen molar-refractivity contribution in [3.63, 3.8) is 0 Å². The van der Waals surface area contributed by atoms with Crippen LogP contribution in [-0.4, -0.2) is 49.2 Å². The third-order valence-corrected chi connectivity index (χ3v) is 3.36. The van der Waals surface area contributed by atoms with Gasteiger partial charge in [-0.2, -0.15) is 0 Å². The first-order chi connectivity index (χ1) is 8.60. The van der Waals surface area contributed by atoms with Gasteiger partial charge in [0.05, 0.1) is 20.1 Å². The lowest BCUT2D eigenvalue weighted by atomic mass is 9.99. The van der Waals surface area contributed by atoms with E-state index in [-0.39, 0.29) is 24.0 Å². The zero-order valence-corrected chi connectivity index (χ0v) is 11.5. The lowest BCUT2D eigenvalue weighted by Gasteiger charge is -2.37. The van der Waals surface area contributed by atoms with E-state index < -0.39 is 0 Å². The lowest BCUT2D eigenvalue weighted by molar-refractivity contribution is -0.154. The van der Waals surface area contributed by atoms with Crippen LogP contribution in [0.2, 0.25) is 0 Å². The van der Waals surface area contributed by atoms with E-state index in [2.05, 4.69) is 9.64 Å². The smallest absolute Gasteiger partial charge is 0.323 e. The van der Waals surface area contributed by atoms with Crippen molar-refractivity contribution in [1.29, 1.82) is 0 Å². The number of ether oxygens (including phenoxy) is 2. The minimum atomic E-state index is -0.240. The first-order valence-corrected chi connectivity index (χ1v) is 6.59. The molecule has 0 aromatic carbocycles. The summed E-state index contributed by atoms with van der Waals surface area (Å²) in [5, 5.41) is 0. The summed E-state index contributed by atoms with van der Waals surface area (Å²) in [6.45, 7) is 4.99. The van der Waals surface area contributed by atoms with Crippen molar-refractivity contribution in [3.05, 3.63) is 0 Å². The molecule has 0 bridgehead atoms. The van der Waals surface area contributed by atoms with Gasteiger partial charge in [0, 0.05) is 6.04 Å². The SMILES string of the molecule is CCOC(=O)C1CCCCN1C(C)CC(=O)OC. The van der Waals surface area contributed by atoms with E-state index in [1.54, 1.807) is 0 Å². The number of methoxy groups -OCH3 is 1. The summed E-state index contributed by atoms with van der Waals surface area (Å²) in [6.07, 6.45) is 3.21. The summed E-state index contributed by atoms with van der Waals surface area (Å²) >= 11 is 0. The quantitative estimate of drug-likeness (QED) is 0.696. The molecule has 1 heterocycles. The molecule has 0 aromatic rings. The second-order valence-corrected chi connectivity index (χ2v) is 4.63. The van der Waals surface area contributed by atoms with Gasteiger partial charge in [-0.3, -0.25) is 14.5 Å². The van der Waals surface area contributed by atoms with Crippen LogP contribution in [0.25, 0.3) is 0 Å². The van der Waals surface area contributed by atoms with Gasteiger partial charge < -0.3 is 9.47 Å². The van der Waals surface area contributed by atoms with E-state index in [1.807, 2.05) is 13.8 Å². The molecular formula is C13H23NO4. The minimum absolute atomic E-state index is 0.00663. The molecule has 0 N–H and O–H groups in total. The Kier molecular flexibility index (Phi) is 6.12. The number of likely N-dealkylation sites (tertiary alicyclic amines) is 1. The summed E-state index contributed by atoms with van der Waals surface area (Å²) in [6, 6.07) is -0.203.